The van der Waals surface area contributed by atoms with Crippen LogP contribution in [0, 0.1) is 22.7 Å². The summed E-state index contributed by atoms with van der Waals surface area (Å²) in [5.41, 5.74) is 1.82. The lowest BCUT2D eigenvalue weighted by Crippen LogP contribution is -2.37. The van der Waals surface area contributed by atoms with Gasteiger partial charge in [0, 0.05) is 0 Å². The number of rotatable bonds is 3. The van der Waals surface area contributed by atoms with E-state index in [-0.39, 0.29) is 12.0 Å². The molecule has 19 heavy (non-hydrogen) atoms. The van der Waals surface area contributed by atoms with Gasteiger partial charge >= 0.3 is 0 Å². The Hall–Kier alpha value is -2.59. The highest BCUT2D eigenvalue weighted by atomic mass is 15.1. The second-order valence-corrected chi connectivity index (χ2v) is 4.49. The van der Waals surface area contributed by atoms with Crippen LogP contribution >= 0.6 is 0 Å². The van der Waals surface area contributed by atoms with Crippen LogP contribution in [0.4, 0.5) is 0 Å². The van der Waals surface area contributed by atoms with Crippen LogP contribution < -0.4 is 4.57 Å². The molecule has 4 nitrogen and oxygen atoms in total. The molecule has 1 aromatic heterocycles. The summed E-state index contributed by atoms with van der Waals surface area (Å²) in [6.45, 7) is 3.67. The highest BCUT2D eigenvalue weighted by Gasteiger charge is 2.24. The molecule has 1 heterocycles. The topological polar surface area (TPSA) is 67.2 Å². The van der Waals surface area contributed by atoms with E-state index in [4.69, 9.17) is 10.5 Å². The summed E-state index contributed by atoms with van der Waals surface area (Å²) in [4.78, 5) is 3.25. The zero-order valence-electron chi connectivity index (χ0n) is 11.0. The average molecular weight is 251 g/mol. The van der Waals surface area contributed by atoms with Crippen molar-refractivity contribution in [2.45, 2.75) is 25.8 Å². The van der Waals surface area contributed by atoms with E-state index in [1.165, 1.54) is 0 Å². The van der Waals surface area contributed by atoms with E-state index >= 15 is 0 Å². The Morgan fingerprint density at radius 2 is 1.79 bits per heavy atom. The number of aromatic nitrogens is 2. The van der Waals surface area contributed by atoms with E-state index in [9.17, 15) is 0 Å². The molecule has 0 spiro atoms. The van der Waals surface area contributed by atoms with Gasteiger partial charge in [0.15, 0.2) is 11.7 Å². The summed E-state index contributed by atoms with van der Waals surface area (Å²) >= 11 is 0. The summed E-state index contributed by atoms with van der Waals surface area (Å²) < 4.78 is 1.87. The molecule has 2 rings (SSSR count). The number of aromatic amines is 1. The van der Waals surface area contributed by atoms with Crippen LogP contribution in [0.25, 0.3) is 11.4 Å². The maximum absolute atomic E-state index is 9.11. The predicted molar refractivity (Wildman–Crippen MR) is 70.8 cm³/mol. The van der Waals surface area contributed by atoms with Crippen molar-refractivity contribution in [2.24, 2.45) is 0 Å². The number of hydrogen-bond acceptors (Lipinski definition) is 2. The Bertz CT molecular complexity index is 643. The van der Waals surface area contributed by atoms with Crippen LogP contribution in [0.1, 0.15) is 31.5 Å². The molecule has 94 valence electrons. The SMILES string of the molecule is CC(C#N)c1c[n+](C(C)C#N)c(-c2ccccc2)[nH]1. The lowest BCUT2D eigenvalue weighted by Gasteiger charge is -2.01. The zero-order valence-corrected chi connectivity index (χ0v) is 11.0. The minimum Gasteiger partial charge on any atom is -0.239 e. The Labute approximate surface area is 112 Å². The molecule has 0 bridgehead atoms. The van der Waals surface area contributed by atoms with Crippen molar-refractivity contribution in [3.63, 3.8) is 0 Å². The molecule has 2 unspecified atom stereocenters. The third-order valence-corrected chi connectivity index (χ3v) is 3.11. The second-order valence-electron chi connectivity index (χ2n) is 4.49. The van der Waals surface area contributed by atoms with Gasteiger partial charge in [0.25, 0.3) is 5.82 Å². The van der Waals surface area contributed by atoms with Crippen LogP contribution in [0.3, 0.4) is 0 Å². The van der Waals surface area contributed by atoms with Gasteiger partial charge in [0.2, 0.25) is 0 Å². The fourth-order valence-corrected chi connectivity index (χ4v) is 1.92. The van der Waals surface area contributed by atoms with Crippen molar-refractivity contribution >= 4 is 0 Å². The number of nitrogens with zero attached hydrogens (tertiary/aromatic N) is 3. The quantitative estimate of drug-likeness (QED) is 0.852. The van der Waals surface area contributed by atoms with Gasteiger partial charge in [0.05, 0.1) is 11.6 Å². The average Bonchev–Trinajstić information content (AvgIpc) is 2.91. The molecule has 0 saturated carbocycles. The van der Waals surface area contributed by atoms with E-state index in [0.29, 0.717) is 0 Å². The molecule has 0 saturated heterocycles. The molecule has 2 aromatic rings. The Morgan fingerprint density at radius 3 is 2.37 bits per heavy atom. The number of nitrogens with one attached hydrogen (secondary N) is 1. The first-order chi connectivity index (χ1) is 9.17. The summed E-state index contributed by atoms with van der Waals surface area (Å²) in [6, 6.07) is 13.9. The van der Waals surface area contributed by atoms with Gasteiger partial charge in [-0.25, -0.2) is 9.55 Å². The van der Waals surface area contributed by atoms with Gasteiger partial charge in [-0.3, -0.25) is 0 Å². The maximum atomic E-state index is 9.11. The largest absolute Gasteiger partial charge is 0.287 e. The minimum atomic E-state index is -0.286. The van der Waals surface area contributed by atoms with Gasteiger partial charge in [0.1, 0.15) is 18.2 Å². The van der Waals surface area contributed by atoms with E-state index in [1.54, 1.807) is 0 Å². The lowest BCUT2D eigenvalue weighted by molar-refractivity contribution is -0.695. The van der Waals surface area contributed by atoms with E-state index in [1.807, 2.05) is 54.9 Å². The van der Waals surface area contributed by atoms with Crippen molar-refractivity contribution in [1.29, 1.82) is 10.5 Å². The van der Waals surface area contributed by atoms with Crippen LogP contribution in [0.5, 0.6) is 0 Å². The molecule has 0 aliphatic heterocycles. The molecule has 1 aromatic carbocycles. The number of benzene rings is 1. The Kier molecular flexibility index (Phi) is 3.63. The maximum Gasteiger partial charge on any atom is 0.287 e. The molecule has 0 radical (unpaired) electrons. The normalized spacial score (nSPS) is 13.3. The summed E-state index contributed by atoms with van der Waals surface area (Å²) in [6.07, 6.45) is 1.85. The third-order valence-electron chi connectivity index (χ3n) is 3.11. The van der Waals surface area contributed by atoms with Gasteiger partial charge < -0.3 is 0 Å². The van der Waals surface area contributed by atoms with Crippen molar-refractivity contribution < 1.29 is 4.57 Å². The molecular formula is C15H15N4+. The van der Waals surface area contributed by atoms with Crippen molar-refractivity contribution in [3.8, 4) is 23.5 Å². The summed E-state index contributed by atoms with van der Waals surface area (Å²) in [7, 11) is 0. The van der Waals surface area contributed by atoms with Crippen LogP contribution in [0.2, 0.25) is 0 Å². The minimum absolute atomic E-state index is 0.227. The fraction of sp³-hybridized carbons (Fsp3) is 0.267. The number of nitriles is 2. The zero-order chi connectivity index (χ0) is 13.8. The highest BCUT2D eigenvalue weighted by Crippen LogP contribution is 2.19. The number of imidazole rings is 1. The molecule has 0 amide bonds. The van der Waals surface area contributed by atoms with E-state index in [0.717, 1.165) is 17.1 Å². The predicted octanol–water partition coefficient (Wildman–Crippen LogP) is 2.68. The number of hydrogen-bond donors (Lipinski definition) is 1. The summed E-state index contributed by atoms with van der Waals surface area (Å²) in [5.74, 6) is 0.626. The molecule has 2 atom stereocenters. The summed E-state index contributed by atoms with van der Waals surface area (Å²) in [5, 5.41) is 18.1. The van der Waals surface area contributed by atoms with Crippen molar-refractivity contribution in [1.82, 2.24) is 4.98 Å². The van der Waals surface area contributed by atoms with Crippen LogP contribution in [-0.2, 0) is 0 Å². The van der Waals surface area contributed by atoms with Crippen molar-refractivity contribution in [2.75, 3.05) is 0 Å². The molecular weight excluding hydrogens is 236 g/mol. The first kappa shape index (κ1) is 12.9. The second kappa shape index (κ2) is 5.37. The molecule has 0 aliphatic carbocycles. The van der Waals surface area contributed by atoms with Gasteiger partial charge in [-0.2, -0.15) is 10.5 Å². The molecule has 0 aliphatic rings. The number of H-pyrrole nitrogens is 1. The third kappa shape index (κ3) is 2.48. The molecule has 0 fully saturated rings. The smallest absolute Gasteiger partial charge is 0.239 e. The Balaban J connectivity index is 2.56. The van der Waals surface area contributed by atoms with E-state index < -0.39 is 0 Å². The Morgan fingerprint density at radius 1 is 1.11 bits per heavy atom. The fourth-order valence-electron chi connectivity index (χ4n) is 1.92. The van der Waals surface area contributed by atoms with Gasteiger partial charge in [-0.1, -0.05) is 18.2 Å². The highest BCUT2D eigenvalue weighted by molar-refractivity contribution is 5.52. The van der Waals surface area contributed by atoms with Gasteiger partial charge in [-0.05, 0) is 26.0 Å². The first-order valence-electron chi connectivity index (χ1n) is 6.16. The van der Waals surface area contributed by atoms with Crippen LogP contribution in [-0.4, -0.2) is 4.98 Å². The monoisotopic (exact) mass is 251 g/mol. The van der Waals surface area contributed by atoms with Crippen LogP contribution in [0.15, 0.2) is 36.5 Å². The molecule has 1 N–H and O–H groups in total. The van der Waals surface area contributed by atoms with Crippen molar-refractivity contribution in [3.05, 3.63) is 42.2 Å². The first-order valence-corrected chi connectivity index (χ1v) is 6.16. The standard InChI is InChI=1S/C15H14N4/c1-11(8-16)14-10-19(12(2)9-17)15(18-14)13-6-4-3-5-7-13/h3-7,10-12H,1-2H3/p+1. The lowest BCUT2D eigenvalue weighted by atomic mass is 10.1. The molecule has 4 heteroatoms. The van der Waals surface area contributed by atoms with E-state index in [2.05, 4.69) is 17.1 Å². The van der Waals surface area contributed by atoms with Gasteiger partial charge in [-0.15, -0.1) is 0 Å².